The van der Waals surface area contributed by atoms with E-state index in [0.717, 1.165) is 6.16 Å². The van der Waals surface area contributed by atoms with Crippen LogP contribution in [0.4, 0.5) is 0 Å². The molecule has 0 heterocycles. The highest BCUT2D eigenvalue weighted by Crippen LogP contribution is 2.36. The van der Waals surface area contributed by atoms with Crippen molar-refractivity contribution in [2.24, 2.45) is 0 Å². The van der Waals surface area contributed by atoms with E-state index in [2.05, 4.69) is 11.6 Å². The van der Waals surface area contributed by atoms with Crippen LogP contribution in [0.3, 0.4) is 0 Å². The van der Waals surface area contributed by atoms with Crippen LogP contribution >= 0.6 is 8.30 Å². The SMILES string of the molecule is CCP(OC)N(C)C. The maximum Gasteiger partial charge on any atom is 0.103 e. The average molecular weight is 135 g/mol. The molecule has 0 aromatic heterocycles. The molecule has 0 saturated heterocycles. The normalized spacial score (nSPS) is 14.6. The van der Waals surface area contributed by atoms with Crippen molar-refractivity contribution in [2.75, 3.05) is 27.4 Å². The lowest BCUT2D eigenvalue weighted by atomic mass is 11.0. The molecule has 0 rings (SSSR count). The van der Waals surface area contributed by atoms with Crippen molar-refractivity contribution in [1.82, 2.24) is 4.67 Å². The highest BCUT2D eigenvalue weighted by Gasteiger charge is 2.04. The van der Waals surface area contributed by atoms with Gasteiger partial charge in [-0.2, -0.15) is 0 Å². The Balaban J connectivity index is 3.35. The van der Waals surface area contributed by atoms with Crippen molar-refractivity contribution in [1.29, 1.82) is 0 Å². The lowest BCUT2D eigenvalue weighted by molar-refractivity contribution is 0.419. The number of hydrogen-bond donors (Lipinski definition) is 0. The van der Waals surface area contributed by atoms with Crippen LogP contribution in [-0.4, -0.2) is 32.0 Å². The van der Waals surface area contributed by atoms with Gasteiger partial charge in [0.1, 0.15) is 8.30 Å². The van der Waals surface area contributed by atoms with Gasteiger partial charge in [0.15, 0.2) is 0 Å². The van der Waals surface area contributed by atoms with Crippen LogP contribution in [0, 0.1) is 0 Å². The third kappa shape index (κ3) is 2.61. The first kappa shape index (κ1) is 8.35. The van der Waals surface area contributed by atoms with Crippen molar-refractivity contribution < 1.29 is 4.52 Å². The summed E-state index contributed by atoms with van der Waals surface area (Å²) in [6, 6.07) is 0. The minimum absolute atomic E-state index is 0.282. The van der Waals surface area contributed by atoms with Crippen molar-refractivity contribution >= 4 is 8.30 Å². The molecule has 50 valence electrons. The Labute approximate surface area is 52.7 Å². The molecule has 0 saturated carbocycles. The quantitative estimate of drug-likeness (QED) is 0.544. The van der Waals surface area contributed by atoms with Crippen molar-refractivity contribution in [3.63, 3.8) is 0 Å². The van der Waals surface area contributed by atoms with Crippen LogP contribution in [0.1, 0.15) is 6.92 Å². The summed E-state index contributed by atoms with van der Waals surface area (Å²) in [6.45, 7) is 2.13. The summed E-state index contributed by atoms with van der Waals surface area (Å²) >= 11 is 0. The monoisotopic (exact) mass is 135 g/mol. The first-order valence-electron chi connectivity index (χ1n) is 2.71. The maximum atomic E-state index is 5.15. The largest absolute Gasteiger partial charge is 0.347 e. The van der Waals surface area contributed by atoms with Crippen LogP contribution in [0.5, 0.6) is 0 Å². The van der Waals surface area contributed by atoms with E-state index < -0.39 is 0 Å². The van der Waals surface area contributed by atoms with Crippen molar-refractivity contribution in [2.45, 2.75) is 6.92 Å². The van der Waals surface area contributed by atoms with Gasteiger partial charge in [0, 0.05) is 13.3 Å². The van der Waals surface area contributed by atoms with Gasteiger partial charge in [-0.25, -0.2) is 0 Å². The zero-order chi connectivity index (χ0) is 6.57. The zero-order valence-electron chi connectivity index (χ0n) is 6.01. The Kier molecular flexibility index (Phi) is 4.44. The smallest absolute Gasteiger partial charge is 0.103 e. The molecule has 3 heteroatoms. The van der Waals surface area contributed by atoms with Crippen LogP contribution in [0.15, 0.2) is 0 Å². The van der Waals surface area contributed by atoms with E-state index in [-0.39, 0.29) is 8.30 Å². The molecule has 0 aliphatic rings. The van der Waals surface area contributed by atoms with Crippen LogP contribution < -0.4 is 0 Å². The Bertz CT molecular complexity index is 54.4. The second-order valence-corrected chi connectivity index (χ2v) is 4.20. The van der Waals surface area contributed by atoms with E-state index in [1.807, 2.05) is 14.1 Å². The molecule has 1 unspecified atom stereocenters. The molecule has 8 heavy (non-hydrogen) atoms. The van der Waals surface area contributed by atoms with Gasteiger partial charge in [-0.15, -0.1) is 0 Å². The molecule has 0 aliphatic heterocycles. The summed E-state index contributed by atoms with van der Waals surface area (Å²) in [5, 5.41) is 0. The predicted octanol–water partition coefficient (Wildman–Crippen LogP) is 1.53. The minimum atomic E-state index is -0.282. The molecular formula is C5H14NOP. The second-order valence-electron chi connectivity index (χ2n) is 1.70. The molecule has 0 aromatic rings. The first-order valence-corrected chi connectivity index (χ1v) is 4.11. The van der Waals surface area contributed by atoms with E-state index >= 15 is 0 Å². The molecule has 0 N–H and O–H groups in total. The molecule has 1 atom stereocenters. The minimum Gasteiger partial charge on any atom is -0.347 e. The predicted molar refractivity (Wildman–Crippen MR) is 38.2 cm³/mol. The summed E-state index contributed by atoms with van der Waals surface area (Å²) in [5.74, 6) is 0. The highest BCUT2D eigenvalue weighted by atomic mass is 31.2. The third-order valence-electron chi connectivity index (χ3n) is 0.927. The fourth-order valence-corrected chi connectivity index (χ4v) is 1.73. The molecule has 0 amide bonds. The van der Waals surface area contributed by atoms with E-state index in [1.165, 1.54) is 0 Å². The number of rotatable bonds is 3. The van der Waals surface area contributed by atoms with Gasteiger partial charge >= 0.3 is 0 Å². The number of hydrogen-bond acceptors (Lipinski definition) is 2. The van der Waals surface area contributed by atoms with Crippen LogP contribution in [0.2, 0.25) is 0 Å². The van der Waals surface area contributed by atoms with E-state index in [4.69, 9.17) is 4.52 Å². The first-order chi connectivity index (χ1) is 3.72. The fourth-order valence-electron chi connectivity index (χ4n) is 0.575. The summed E-state index contributed by atoms with van der Waals surface area (Å²) in [4.78, 5) is 0. The van der Waals surface area contributed by atoms with Gasteiger partial charge in [-0.3, -0.25) is 4.67 Å². The van der Waals surface area contributed by atoms with Gasteiger partial charge in [0.2, 0.25) is 0 Å². The number of nitrogens with zero attached hydrogens (tertiary/aromatic N) is 1. The topological polar surface area (TPSA) is 12.5 Å². The van der Waals surface area contributed by atoms with E-state index in [1.54, 1.807) is 7.11 Å². The van der Waals surface area contributed by atoms with Gasteiger partial charge in [-0.1, -0.05) is 6.92 Å². The summed E-state index contributed by atoms with van der Waals surface area (Å²) in [6.07, 6.45) is 1.11. The molecule has 0 aromatic carbocycles. The van der Waals surface area contributed by atoms with Crippen molar-refractivity contribution in [3.8, 4) is 0 Å². The summed E-state index contributed by atoms with van der Waals surface area (Å²) in [5.41, 5.74) is 0. The Morgan fingerprint density at radius 2 is 2.00 bits per heavy atom. The van der Waals surface area contributed by atoms with Crippen LogP contribution in [0.25, 0.3) is 0 Å². The van der Waals surface area contributed by atoms with Crippen LogP contribution in [-0.2, 0) is 4.52 Å². The van der Waals surface area contributed by atoms with Crippen molar-refractivity contribution in [3.05, 3.63) is 0 Å². The zero-order valence-corrected chi connectivity index (χ0v) is 6.90. The molecule has 2 nitrogen and oxygen atoms in total. The van der Waals surface area contributed by atoms with Gasteiger partial charge in [0.25, 0.3) is 0 Å². The Morgan fingerprint density at radius 3 is 2.00 bits per heavy atom. The standard InChI is InChI=1S/C5H14NOP/c1-5-8(7-4)6(2)3/h5H2,1-4H3. The van der Waals surface area contributed by atoms with E-state index in [0.29, 0.717) is 0 Å². The van der Waals surface area contributed by atoms with Gasteiger partial charge < -0.3 is 4.52 Å². The molecule has 0 bridgehead atoms. The molecular weight excluding hydrogens is 121 g/mol. The second kappa shape index (κ2) is 4.25. The maximum absolute atomic E-state index is 5.15. The van der Waals surface area contributed by atoms with E-state index in [9.17, 15) is 0 Å². The summed E-state index contributed by atoms with van der Waals surface area (Å²) in [7, 11) is 5.56. The van der Waals surface area contributed by atoms with Gasteiger partial charge in [0.05, 0.1) is 0 Å². The highest BCUT2D eigenvalue weighted by molar-refractivity contribution is 7.49. The lowest BCUT2D eigenvalue weighted by Crippen LogP contribution is -2.06. The fraction of sp³-hybridized carbons (Fsp3) is 1.00. The molecule has 0 radical (unpaired) electrons. The average Bonchev–Trinajstić information content (AvgIpc) is 1.69. The Morgan fingerprint density at radius 1 is 1.50 bits per heavy atom. The third-order valence-corrected chi connectivity index (χ3v) is 2.78. The lowest BCUT2D eigenvalue weighted by Gasteiger charge is -2.19. The molecule has 0 fully saturated rings. The Hall–Kier alpha value is 0.350. The molecule has 0 aliphatic carbocycles. The summed E-state index contributed by atoms with van der Waals surface area (Å²) < 4.78 is 7.27. The van der Waals surface area contributed by atoms with Gasteiger partial charge in [-0.05, 0) is 14.1 Å². The molecule has 0 spiro atoms.